The molecular weight excluding hydrogens is 395 g/mol. The van der Waals surface area contributed by atoms with E-state index in [0.29, 0.717) is 17.3 Å². The van der Waals surface area contributed by atoms with E-state index in [1.807, 2.05) is 0 Å². The first-order valence-corrected chi connectivity index (χ1v) is 9.01. The van der Waals surface area contributed by atoms with Crippen molar-refractivity contribution in [2.24, 2.45) is 12.0 Å². The van der Waals surface area contributed by atoms with Crippen LogP contribution < -0.4 is 4.90 Å². The van der Waals surface area contributed by atoms with Gasteiger partial charge < -0.3 is 4.90 Å². The first-order valence-electron chi connectivity index (χ1n) is 7.84. The molecule has 0 amide bonds. The zero-order valence-corrected chi connectivity index (χ0v) is 16.2. The van der Waals surface area contributed by atoms with E-state index in [4.69, 9.17) is 11.6 Å². The number of aryl methyl sites for hydroxylation is 1. The molecule has 128 valence electrons. The minimum atomic E-state index is -0.452. The third-order valence-corrected chi connectivity index (χ3v) is 5.34. The molecule has 1 unspecified atom stereocenters. The molecule has 3 rings (SSSR count). The van der Waals surface area contributed by atoms with Crippen LogP contribution >= 0.6 is 27.5 Å². The summed E-state index contributed by atoms with van der Waals surface area (Å²) in [6.45, 7) is 3.11. The fraction of sp³-hybridized carbons (Fsp3) is 0.412. The van der Waals surface area contributed by atoms with Crippen molar-refractivity contribution < 1.29 is 4.39 Å². The second-order valence-corrected chi connectivity index (χ2v) is 7.28. The summed E-state index contributed by atoms with van der Waals surface area (Å²) in [6.07, 6.45) is 5.58. The summed E-state index contributed by atoms with van der Waals surface area (Å²) >= 11 is 9.71. The highest BCUT2D eigenvalue weighted by Gasteiger charge is 2.28. The lowest BCUT2D eigenvalue weighted by Gasteiger charge is -2.27. The van der Waals surface area contributed by atoms with Crippen molar-refractivity contribution in [2.45, 2.75) is 25.8 Å². The Labute approximate surface area is 154 Å². The molecule has 2 heterocycles. The normalized spacial score (nSPS) is 18.1. The molecule has 1 aromatic carbocycles. The molecule has 7 heteroatoms. The lowest BCUT2D eigenvalue weighted by atomic mass is 10.0. The van der Waals surface area contributed by atoms with E-state index in [2.05, 4.69) is 37.8 Å². The summed E-state index contributed by atoms with van der Waals surface area (Å²) in [7, 11) is 3.47. The number of aromatic nitrogens is 2. The van der Waals surface area contributed by atoms with Crippen LogP contribution in [0.3, 0.4) is 0 Å². The van der Waals surface area contributed by atoms with Crippen LogP contribution in [0.4, 0.5) is 10.1 Å². The summed E-state index contributed by atoms with van der Waals surface area (Å²) < 4.78 is 17.4. The van der Waals surface area contributed by atoms with E-state index in [1.165, 1.54) is 0 Å². The van der Waals surface area contributed by atoms with Crippen LogP contribution in [0, 0.1) is 5.82 Å². The van der Waals surface area contributed by atoms with Gasteiger partial charge in [0.05, 0.1) is 21.4 Å². The van der Waals surface area contributed by atoms with Crippen LogP contribution in [-0.2, 0) is 7.05 Å². The number of rotatable bonds is 3. The molecule has 0 saturated carbocycles. The fourth-order valence-corrected chi connectivity index (χ4v) is 4.08. The van der Waals surface area contributed by atoms with Crippen molar-refractivity contribution in [1.29, 1.82) is 0 Å². The Hall–Kier alpha value is -1.40. The number of benzene rings is 1. The Morgan fingerprint density at radius 1 is 1.50 bits per heavy atom. The molecule has 1 fully saturated rings. The smallest absolute Gasteiger partial charge is 0.152 e. The predicted molar refractivity (Wildman–Crippen MR) is 101 cm³/mol. The van der Waals surface area contributed by atoms with Crippen LogP contribution in [0.25, 0.3) is 11.3 Å². The van der Waals surface area contributed by atoms with E-state index in [9.17, 15) is 4.39 Å². The van der Waals surface area contributed by atoms with Crippen molar-refractivity contribution >= 4 is 39.4 Å². The molecule has 0 aliphatic carbocycles. The Kier molecular flexibility index (Phi) is 4.97. The van der Waals surface area contributed by atoms with Gasteiger partial charge in [0.1, 0.15) is 0 Å². The van der Waals surface area contributed by atoms with Gasteiger partial charge in [-0.25, -0.2) is 4.39 Å². The van der Waals surface area contributed by atoms with Gasteiger partial charge >= 0.3 is 0 Å². The lowest BCUT2D eigenvalue weighted by molar-refractivity contribution is 0.627. The van der Waals surface area contributed by atoms with Gasteiger partial charge in [-0.1, -0.05) is 11.6 Å². The highest BCUT2D eigenvalue weighted by atomic mass is 79.9. The Balaban J connectivity index is 2.33. The van der Waals surface area contributed by atoms with Crippen molar-refractivity contribution in [3.05, 3.63) is 33.1 Å². The number of anilines is 1. The second-order valence-electron chi connectivity index (χ2n) is 6.02. The van der Waals surface area contributed by atoms with Gasteiger partial charge in [-0.05, 0) is 41.8 Å². The second kappa shape index (κ2) is 6.84. The molecule has 1 aliphatic rings. The minimum absolute atomic E-state index is 0.112. The van der Waals surface area contributed by atoms with Gasteiger partial charge in [-0.3, -0.25) is 9.67 Å². The number of hydrogen-bond acceptors (Lipinski definition) is 3. The molecule has 1 atom stereocenters. The van der Waals surface area contributed by atoms with Gasteiger partial charge in [-0.15, -0.1) is 0 Å². The SMILES string of the molecule is C/N=C\c1c(N2CCCC2C)cc(Cl)c(F)c1-c1c(Br)cnn1C. The van der Waals surface area contributed by atoms with E-state index in [1.54, 1.807) is 37.3 Å². The highest BCUT2D eigenvalue weighted by molar-refractivity contribution is 9.10. The molecular formula is C17H19BrClFN4. The van der Waals surface area contributed by atoms with Gasteiger partial charge in [-0.2, -0.15) is 5.10 Å². The number of halogens is 3. The quantitative estimate of drug-likeness (QED) is 0.685. The third-order valence-electron chi connectivity index (χ3n) is 4.49. The van der Waals surface area contributed by atoms with Gasteiger partial charge in [0.15, 0.2) is 5.82 Å². The molecule has 24 heavy (non-hydrogen) atoms. The van der Waals surface area contributed by atoms with Crippen LogP contribution in [-0.4, -0.2) is 35.6 Å². The average molecular weight is 414 g/mol. The van der Waals surface area contributed by atoms with E-state index in [-0.39, 0.29) is 5.02 Å². The molecule has 0 bridgehead atoms. The molecule has 1 aromatic heterocycles. The molecule has 1 saturated heterocycles. The van der Waals surface area contributed by atoms with Crippen LogP contribution in [0.15, 0.2) is 21.7 Å². The maximum Gasteiger partial charge on any atom is 0.152 e. The summed E-state index contributed by atoms with van der Waals surface area (Å²) in [4.78, 5) is 6.43. The standard InChI is InChI=1S/C17H19BrClFN4/c1-10-5-4-6-24(10)14-7-13(19)16(20)15(11(14)8-21-2)17-12(18)9-22-23(17)3/h7-10H,4-6H2,1-3H3/b21-8-. The Morgan fingerprint density at radius 2 is 2.25 bits per heavy atom. The first-order chi connectivity index (χ1) is 11.5. The number of hydrogen-bond donors (Lipinski definition) is 0. The topological polar surface area (TPSA) is 33.4 Å². The largest absolute Gasteiger partial charge is 0.368 e. The van der Waals surface area contributed by atoms with Gasteiger partial charge in [0.2, 0.25) is 0 Å². The number of aliphatic imine (C=N–C) groups is 1. The molecule has 0 spiro atoms. The van der Waals surface area contributed by atoms with Crippen molar-refractivity contribution in [1.82, 2.24) is 9.78 Å². The van der Waals surface area contributed by atoms with Gasteiger partial charge in [0.25, 0.3) is 0 Å². The average Bonchev–Trinajstić information content (AvgIpc) is 3.10. The Morgan fingerprint density at radius 3 is 2.79 bits per heavy atom. The molecule has 4 nitrogen and oxygen atoms in total. The molecule has 2 aromatic rings. The fourth-order valence-electron chi connectivity index (χ4n) is 3.34. The summed E-state index contributed by atoms with van der Waals surface area (Å²) in [5.74, 6) is -0.452. The predicted octanol–water partition coefficient (Wildman–Crippen LogP) is 4.68. The number of nitrogens with zero attached hydrogens (tertiary/aromatic N) is 4. The third kappa shape index (κ3) is 2.86. The van der Waals surface area contributed by atoms with Crippen molar-refractivity contribution in [2.75, 3.05) is 18.5 Å². The zero-order valence-electron chi connectivity index (χ0n) is 13.9. The Bertz CT molecular complexity index is 783. The van der Waals surface area contributed by atoms with E-state index in [0.717, 1.165) is 35.1 Å². The van der Waals surface area contributed by atoms with Gasteiger partial charge in [0, 0.05) is 49.7 Å². The lowest BCUT2D eigenvalue weighted by Crippen LogP contribution is -2.27. The molecule has 1 aliphatic heterocycles. The maximum atomic E-state index is 15.0. The van der Waals surface area contributed by atoms with Crippen molar-refractivity contribution in [3.8, 4) is 11.3 Å². The summed E-state index contributed by atoms with van der Waals surface area (Å²) in [5, 5.41) is 4.32. The summed E-state index contributed by atoms with van der Waals surface area (Å²) in [6, 6.07) is 2.10. The zero-order chi connectivity index (χ0) is 17.4. The van der Waals surface area contributed by atoms with Crippen LogP contribution in [0.5, 0.6) is 0 Å². The monoisotopic (exact) mass is 412 g/mol. The van der Waals surface area contributed by atoms with Crippen molar-refractivity contribution in [3.63, 3.8) is 0 Å². The maximum absolute atomic E-state index is 15.0. The highest BCUT2D eigenvalue weighted by Crippen LogP contribution is 2.41. The van der Waals surface area contributed by atoms with Crippen LogP contribution in [0.2, 0.25) is 5.02 Å². The van der Waals surface area contributed by atoms with E-state index < -0.39 is 5.82 Å². The minimum Gasteiger partial charge on any atom is -0.368 e. The molecule has 0 radical (unpaired) electrons. The summed E-state index contributed by atoms with van der Waals surface area (Å²) in [5.41, 5.74) is 2.73. The van der Waals surface area contributed by atoms with E-state index >= 15 is 0 Å². The van der Waals surface area contributed by atoms with Crippen LogP contribution in [0.1, 0.15) is 25.3 Å². The first kappa shape index (κ1) is 17.4. The molecule has 0 N–H and O–H groups in total.